The van der Waals surface area contributed by atoms with Crippen molar-refractivity contribution in [3.05, 3.63) is 52.2 Å². The van der Waals surface area contributed by atoms with Gasteiger partial charge in [-0.15, -0.1) is 11.3 Å². The maximum absolute atomic E-state index is 12.0. The van der Waals surface area contributed by atoms with Crippen molar-refractivity contribution in [3.63, 3.8) is 0 Å². The van der Waals surface area contributed by atoms with Gasteiger partial charge in [-0.2, -0.15) is 0 Å². The SMILES string of the molecule is COC(=O)c1ccc(NC(=O)C(=O)NCC2(c3cccs3)CC2)cc1. The molecule has 0 atom stereocenters. The number of carbonyl (C=O) groups is 3. The van der Waals surface area contributed by atoms with Gasteiger partial charge in [-0.05, 0) is 48.6 Å². The lowest BCUT2D eigenvalue weighted by Crippen LogP contribution is -2.39. The number of rotatable bonds is 5. The first kappa shape index (κ1) is 17.2. The lowest BCUT2D eigenvalue weighted by molar-refractivity contribution is -0.136. The van der Waals surface area contributed by atoms with Gasteiger partial charge >= 0.3 is 17.8 Å². The average Bonchev–Trinajstić information content (AvgIpc) is 3.21. The molecule has 2 amide bonds. The highest BCUT2D eigenvalue weighted by molar-refractivity contribution is 7.10. The monoisotopic (exact) mass is 358 g/mol. The molecule has 1 aliphatic carbocycles. The van der Waals surface area contributed by atoms with Gasteiger partial charge in [0.05, 0.1) is 12.7 Å². The van der Waals surface area contributed by atoms with E-state index in [2.05, 4.69) is 21.4 Å². The number of hydrogen-bond acceptors (Lipinski definition) is 5. The number of nitrogens with one attached hydrogen (secondary N) is 2. The normalized spacial score (nSPS) is 14.4. The van der Waals surface area contributed by atoms with E-state index in [1.807, 2.05) is 11.4 Å². The lowest BCUT2D eigenvalue weighted by Gasteiger charge is -2.14. The van der Waals surface area contributed by atoms with Crippen LogP contribution < -0.4 is 10.6 Å². The molecule has 1 aliphatic rings. The second-order valence-electron chi connectivity index (χ2n) is 5.96. The Morgan fingerprint density at radius 3 is 2.40 bits per heavy atom. The van der Waals surface area contributed by atoms with E-state index in [4.69, 9.17) is 0 Å². The van der Waals surface area contributed by atoms with Crippen LogP contribution in [0.2, 0.25) is 0 Å². The van der Waals surface area contributed by atoms with Crippen molar-refractivity contribution in [1.29, 1.82) is 0 Å². The minimum atomic E-state index is -0.729. The van der Waals surface area contributed by atoms with Crippen molar-refractivity contribution in [1.82, 2.24) is 5.32 Å². The summed E-state index contributed by atoms with van der Waals surface area (Å²) in [6.45, 7) is 0.459. The molecule has 3 rings (SSSR count). The number of ether oxygens (including phenoxy) is 1. The van der Waals surface area contributed by atoms with E-state index >= 15 is 0 Å². The quantitative estimate of drug-likeness (QED) is 0.635. The molecule has 0 saturated heterocycles. The highest BCUT2D eigenvalue weighted by Gasteiger charge is 2.45. The molecule has 1 aromatic heterocycles. The molecule has 1 aromatic carbocycles. The fourth-order valence-electron chi connectivity index (χ4n) is 2.57. The second-order valence-corrected chi connectivity index (χ2v) is 6.91. The summed E-state index contributed by atoms with van der Waals surface area (Å²) in [5.41, 5.74) is 0.801. The Morgan fingerprint density at radius 1 is 1.12 bits per heavy atom. The summed E-state index contributed by atoms with van der Waals surface area (Å²) in [6, 6.07) is 10.2. The molecule has 1 heterocycles. The highest BCUT2D eigenvalue weighted by Crippen LogP contribution is 2.49. The zero-order valence-corrected chi connectivity index (χ0v) is 14.5. The number of esters is 1. The van der Waals surface area contributed by atoms with Crippen molar-refractivity contribution in [2.45, 2.75) is 18.3 Å². The molecule has 7 heteroatoms. The fraction of sp³-hybridized carbons (Fsp3) is 0.278. The Kier molecular flexibility index (Phi) is 4.85. The Bertz CT molecular complexity index is 780. The first-order valence-corrected chi connectivity index (χ1v) is 8.74. The van der Waals surface area contributed by atoms with Crippen LogP contribution in [0.3, 0.4) is 0 Å². The molecule has 2 aromatic rings. The van der Waals surface area contributed by atoms with Gasteiger partial charge in [0.25, 0.3) is 0 Å². The predicted octanol–water partition coefficient (Wildman–Crippen LogP) is 2.32. The molecule has 0 bridgehead atoms. The smallest absolute Gasteiger partial charge is 0.337 e. The summed E-state index contributed by atoms with van der Waals surface area (Å²) in [5, 5.41) is 7.25. The number of benzene rings is 1. The Balaban J connectivity index is 1.53. The summed E-state index contributed by atoms with van der Waals surface area (Å²) >= 11 is 1.67. The maximum Gasteiger partial charge on any atom is 0.337 e. The summed E-state index contributed by atoms with van der Waals surface area (Å²) in [4.78, 5) is 36.6. The third-order valence-electron chi connectivity index (χ3n) is 4.25. The number of hydrogen-bond donors (Lipinski definition) is 2. The Morgan fingerprint density at radius 2 is 1.84 bits per heavy atom. The molecule has 0 unspecified atom stereocenters. The second kappa shape index (κ2) is 7.06. The van der Waals surface area contributed by atoms with Gasteiger partial charge in [-0.3, -0.25) is 9.59 Å². The molecule has 25 heavy (non-hydrogen) atoms. The van der Waals surface area contributed by atoms with Crippen LogP contribution in [0.1, 0.15) is 28.1 Å². The van der Waals surface area contributed by atoms with Gasteiger partial charge in [0.2, 0.25) is 0 Å². The minimum absolute atomic E-state index is 0.00767. The summed E-state index contributed by atoms with van der Waals surface area (Å²) in [6.07, 6.45) is 2.04. The van der Waals surface area contributed by atoms with Crippen LogP contribution >= 0.6 is 11.3 Å². The Labute approximate surface area is 149 Å². The predicted molar refractivity (Wildman–Crippen MR) is 94.7 cm³/mol. The zero-order chi connectivity index (χ0) is 17.9. The van der Waals surface area contributed by atoms with Crippen molar-refractivity contribution in [2.24, 2.45) is 0 Å². The van der Waals surface area contributed by atoms with Crippen LogP contribution in [0.4, 0.5) is 5.69 Å². The first-order chi connectivity index (χ1) is 12.0. The average molecular weight is 358 g/mol. The third-order valence-corrected chi connectivity index (χ3v) is 5.37. The van der Waals surface area contributed by atoms with Crippen LogP contribution in [0.5, 0.6) is 0 Å². The summed E-state index contributed by atoms with van der Waals surface area (Å²) in [5.74, 6) is -1.85. The van der Waals surface area contributed by atoms with Crippen molar-refractivity contribution >= 4 is 34.8 Å². The molecular weight excluding hydrogens is 340 g/mol. The van der Waals surface area contributed by atoms with E-state index in [0.717, 1.165) is 12.8 Å². The van der Waals surface area contributed by atoms with Gasteiger partial charge in [0.1, 0.15) is 0 Å². The summed E-state index contributed by atoms with van der Waals surface area (Å²) < 4.78 is 4.61. The highest BCUT2D eigenvalue weighted by atomic mass is 32.1. The van der Waals surface area contributed by atoms with E-state index in [1.54, 1.807) is 23.5 Å². The topological polar surface area (TPSA) is 84.5 Å². The molecule has 6 nitrogen and oxygen atoms in total. The van der Waals surface area contributed by atoms with E-state index < -0.39 is 17.8 Å². The molecule has 2 N–H and O–H groups in total. The third kappa shape index (κ3) is 3.88. The molecule has 0 aliphatic heterocycles. The standard InChI is InChI=1S/C18H18N2O4S/c1-24-17(23)12-4-6-13(7-5-12)20-16(22)15(21)19-11-18(8-9-18)14-3-2-10-25-14/h2-7,10H,8-9,11H2,1H3,(H,19,21)(H,20,22). The van der Waals surface area contributed by atoms with E-state index in [9.17, 15) is 14.4 Å². The number of methoxy groups -OCH3 is 1. The number of thiophene rings is 1. The van der Waals surface area contributed by atoms with Crippen molar-refractivity contribution in [3.8, 4) is 0 Å². The van der Waals surface area contributed by atoms with Crippen LogP contribution in [0.25, 0.3) is 0 Å². The van der Waals surface area contributed by atoms with E-state index in [0.29, 0.717) is 17.8 Å². The molecule has 0 spiro atoms. The van der Waals surface area contributed by atoms with Crippen LogP contribution in [0.15, 0.2) is 41.8 Å². The van der Waals surface area contributed by atoms with E-state index in [-0.39, 0.29) is 5.41 Å². The Hall–Kier alpha value is -2.67. The zero-order valence-electron chi connectivity index (χ0n) is 13.7. The molecule has 1 saturated carbocycles. The van der Waals surface area contributed by atoms with Gasteiger partial charge in [-0.1, -0.05) is 6.07 Å². The van der Waals surface area contributed by atoms with Crippen molar-refractivity contribution in [2.75, 3.05) is 19.0 Å². The molecular formula is C18H18N2O4S. The first-order valence-electron chi connectivity index (χ1n) is 7.86. The largest absolute Gasteiger partial charge is 0.465 e. The number of carbonyl (C=O) groups excluding carboxylic acids is 3. The maximum atomic E-state index is 12.0. The van der Waals surface area contributed by atoms with Gasteiger partial charge < -0.3 is 15.4 Å². The van der Waals surface area contributed by atoms with Crippen LogP contribution in [-0.4, -0.2) is 31.4 Å². The van der Waals surface area contributed by atoms with Gasteiger partial charge in [0, 0.05) is 22.5 Å². The van der Waals surface area contributed by atoms with Gasteiger partial charge in [-0.25, -0.2) is 4.79 Å². The fourth-order valence-corrected chi connectivity index (χ4v) is 3.55. The lowest BCUT2D eigenvalue weighted by atomic mass is 10.1. The minimum Gasteiger partial charge on any atom is -0.465 e. The van der Waals surface area contributed by atoms with Crippen LogP contribution in [0, 0.1) is 0 Å². The summed E-state index contributed by atoms with van der Waals surface area (Å²) in [7, 11) is 1.30. The van der Waals surface area contributed by atoms with E-state index in [1.165, 1.54) is 24.1 Å². The molecule has 0 radical (unpaired) electrons. The number of anilines is 1. The van der Waals surface area contributed by atoms with Gasteiger partial charge in [0.15, 0.2) is 0 Å². The van der Waals surface area contributed by atoms with Crippen LogP contribution in [-0.2, 0) is 19.7 Å². The molecule has 1 fully saturated rings. The number of amides is 2. The van der Waals surface area contributed by atoms with Crippen molar-refractivity contribution < 1.29 is 19.1 Å². The molecule has 130 valence electrons.